The van der Waals surface area contributed by atoms with Gasteiger partial charge in [-0.3, -0.25) is 4.79 Å². The van der Waals surface area contributed by atoms with Crippen LogP contribution in [0.4, 0.5) is 4.79 Å². The highest BCUT2D eigenvalue weighted by molar-refractivity contribution is 5.77. The van der Waals surface area contributed by atoms with Gasteiger partial charge in [0.25, 0.3) is 0 Å². The maximum atomic E-state index is 12.0. The highest BCUT2D eigenvalue weighted by Crippen LogP contribution is 2.28. The first-order valence-electron chi connectivity index (χ1n) is 6.65. The molecule has 1 rings (SSSR count). The van der Waals surface area contributed by atoms with Crippen molar-refractivity contribution in [1.82, 2.24) is 4.90 Å². The predicted octanol–water partition coefficient (Wildman–Crippen LogP) is 2.92. The van der Waals surface area contributed by atoms with Gasteiger partial charge in [-0.25, -0.2) is 4.79 Å². The molecule has 0 aliphatic carbocycles. The minimum absolute atomic E-state index is 0.0137. The normalized spacial score (nSPS) is 23.6. The van der Waals surface area contributed by atoms with Crippen LogP contribution in [0.25, 0.3) is 0 Å². The molecule has 2 atom stereocenters. The van der Waals surface area contributed by atoms with Crippen LogP contribution in [-0.4, -0.2) is 35.5 Å². The van der Waals surface area contributed by atoms with E-state index in [1.807, 2.05) is 6.08 Å². The third kappa shape index (κ3) is 3.86. The van der Waals surface area contributed by atoms with Crippen LogP contribution in [0, 0.1) is 0 Å². The summed E-state index contributed by atoms with van der Waals surface area (Å²) < 4.78 is 5.11. The highest BCUT2D eigenvalue weighted by atomic mass is 16.6. The fraction of sp³-hybridized carbons (Fsp3) is 0.714. The summed E-state index contributed by atoms with van der Waals surface area (Å²) in [7, 11) is 0. The van der Waals surface area contributed by atoms with Gasteiger partial charge in [0.15, 0.2) is 0 Å². The molecule has 1 saturated heterocycles. The second-order valence-electron chi connectivity index (χ2n) is 4.78. The number of amides is 1. The zero-order valence-corrected chi connectivity index (χ0v) is 11.4. The standard InChI is InChI=1S/C14H23NO3/c1-4-7-12-8-6-9-13(10-11(3)16)15(12)14(17)18-5-2/h4,12-13H,1,5-10H2,2-3H3. The summed E-state index contributed by atoms with van der Waals surface area (Å²) in [4.78, 5) is 25.1. The Morgan fingerprint density at radius 2 is 2.06 bits per heavy atom. The predicted molar refractivity (Wildman–Crippen MR) is 70.4 cm³/mol. The van der Waals surface area contributed by atoms with E-state index < -0.39 is 0 Å². The third-order valence-corrected chi connectivity index (χ3v) is 3.30. The van der Waals surface area contributed by atoms with E-state index in [-0.39, 0.29) is 24.0 Å². The first-order chi connectivity index (χ1) is 8.60. The van der Waals surface area contributed by atoms with Gasteiger partial charge < -0.3 is 9.64 Å². The van der Waals surface area contributed by atoms with E-state index in [1.165, 1.54) is 0 Å². The van der Waals surface area contributed by atoms with Crippen molar-refractivity contribution in [2.45, 2.75) is 58.0 Å². The molecular formula is C14H23NO3. The molecule has 0 bridgehead atoms. The van der Waals surface area contributed by atoms with E-state index in [1.54, 1.807) is 18.7 Å². The maximum absolute atomic E-state index is 12.0. The fourth-order valence-electron chi connectivity index (χ4n) is 2.62. The number of hydrogen-bond donors (Lipinski definition) is 0. The molecule has 0 saturated carbocycles. The molecule has 1 amide bonds. The summed E-state index contributed by atoms with van der Waals surface area (Å²) in [5.41, 5.74) is 0. The number of rotatable bonds is 5. The highest BCUT2D eigenvalue weighted by Gasteiger charge is 2.34. The second kappa shape index (κ2) is 7.19. The Labute approximate surface area is 109 Å². The zero-order valence-electron chi connectivity index (χ0n) is 11.4. The maximum Gasteiger partial charge on any atom is 0.410 e. The minimum atomic E-state index is -0.296. The van der Waals surface area contributed by atoms with Crippen LogP contribution in [0.1, 0.15) is 46.0 Å². The minimum Gasteiger partial charge on any atom is -0.450 e. The van der Waals surface area contributed by atoms with Crippen molar-refractivity contribution in [2.24, 2.45) is 0 Å². The summed E-state index contributed by atoms with van der Waals surface area (Å²) in [5, 5.41) is 0. The van der Waals surface area contributed by atoms with Gasteiger partial charge in [0.05, 0.1) is 6.61 Å². The van der Waals surface area contributed by atoms with Crippen molar-refractivity contribution in [3.8, 4) is 0 Å². The number of likely N-dealkylation sites (tertiary alicyclic amines) is 1. The first-order valence-corrected chi connectivity index (χ1v) is 6.65. The molecule has 102 valence electrons. The largest absolute Gasteiger partial charge is 0.450 e. The van der Waals surface area contributed by atoms with E-state index in [9.17, 15) is 9.59 Å². The molecule has 1 aliphatic heterocycles. The Morgan fingerprint density at radius 3 is 2.61 bits per heavy atom. The number of nitrogens with zero attached hydrogens (tertiary/aromatic N) is 1. The smallest absolute Gasteiger partial charge is 0.410 e. The van der Waals surface area contributed by atoms with Crippen molar-refractivity contribution >= 4 is 11.9 Å². The van der Waals surface area contributed by atoms with Crippen molar-refractivity contribution in [2.75, 3.05) is 6.61 Å². The molecule has 0 N–H and O–H groups in total. The second-order valence-corrected chi connectivity index (χ2v) is 4.78. The number of carbonyl (C=O) groups is 2. The lowest BCUT2D eigenvalue weighted by Gasteiger charge is -2.40. The van der Waals surface area contributed by atoms with Crippen LogP contribution in [0.3, 0.4) is 0 Å². The molecule has 4 heteroatoms. The van der Waals surface area contributed by atoms with Gasteiger partial charge in [0.2, 0.25) is 0 Å². The van der Waals surface area contributed by atoms with E-state index in [4.69, 9.17) is 4.74 Å². The monoisotopic (exact) mass is 253 g/mol. The van der Waals surface area contributed by atoms with Crippen LogP contribution in [0.5, 0.6) is 0 Å². The molecule has 0 radical (unpaired) electrons. The lowest BCUT2D eigenvalue weighted by molar-refractivity contribution is -0.118. The Morgan fingerprint density at radius 1 is 1.39 bits per heavy atom. The first kappa shape index (κ1) is 14.7. The van der Waals surface area contributed by atoms with Crippen LogP contribution >= 0.6 is 0 Å². The molecule has 18 heavy (non-hydrogen) atoms. The molecular weight excluding hydrogens is 230 g/mol. The third-order valence-electron chi connectivity index (χ3n) is 3.30. The molecule has 2 unspecified atom stereocenters. The van der Waals surface area contributed by atoms with Crippen LogP contribution in [0.2, 0.25) is 0 Å². The lowest BCUT2D eigenvalue weighted by atomic mass is 9.91. The van der Waals surface area contributed by atoms with E-state index in [2.05, 4.69) is 6.58 Å². The summed E-state index contributed by atoms with van der Waals surface area (Å²) in [6.07, 6.45) is 5.60. The molecule has 1 aliphatic rings. The van der Waals surface area contributed by atoms with Gasteiger partial charge in [-0.15, -0.1) is 6.58 Å². The average Bonchev–Trinajstić information content (AvgIpc) is 2.29. The zero-order chi connectivity index (χ0) is 13.5. The Bertz CT molecular complexity index is 314. The van der Waals surface area contributed by atoms with Crippen molar-refractivity contribution < 1.29 is 14.3 Å². The Kier molecular flexibility index (Phi) is 5.89. The average molecular weight is 253 g/mol. The van der Waals surface area contributed by atoms with Crippen LogP contribution in [0.15, 0.2) is 12.7 Å². The van der Waals surface area contributed by atoms with Gasteiger partial charge in [-0.05, 0) is 39.5 Å². The quantitative estimate of drug-likeness (QED) is 0.708. The molecule has 0 aromatic heterocycles. The Balaban J connectivity index is 2.81. The van der Waals surface area contributed by atoms with Gasteiger partial charge in [-0.2, -0.15) is 0 Å². The Hall–Kier alpha value is -1.32. The number of piperidine rings is 1. The van der Waals surface area contributed by atoms with Crippen molar-refractivity contribution in [3.05, 3.63) is 12.7 Å². The van der Waals surface area contributed by atoms with Gasteiger partial charge in [0.1, 0.15) is 5.78 Å². The summed E-state index contributed by atoms with van der Waals surface area (Å²) in [6, 6.07) is 0.111. The summed E-state index contributed by atoms with van der Waals surface area (Å²) in [5.74, 6) is 0.119. The molecule has 4 nitrogen and oxygen atoms in total. The molecule has 0 aromatic carbocycles. The van der Waals surface area contributed by atoms with E-state index >= 15 is 0 Å². The SMILES string of the molecule is C=CCC1CCCC(CC(C)=O)N1C(=O)OCC. The van der Waals surface area contributed by atoms with Crippen molar-refractivity contribution in [3.63, 3.8) is 0 Å². The summed E-state index contributed by atoms with van der Waals surface area (Å²) in [6.45, 7) is 7.46. The number of ketones is 1. The molecule has 0 spiro atoms. The lowest BCUT2D eigenvalue weighted by Crippen LogP contribution is -2.50. The molecule has 0 aromatic rings. The summed E-state index contributed by atoms with van der Waals surface area (Å²) >= 11 is 0. The topological polar surface area (TPSA) is 46.6 Å². The molecule has 1 heterocycles. The van der Waals surface area contributed by atoms with E-state index in [0.717, 1.165) is 25.7 Å². The number of carbonyl (C=O) groups excluding carboxylic acids is 2. The van der Waals surface area contributed by atoms with Gasteiger partial charge in [0, 0.05) is 18.5 Å². The van der Waals surface area contributed by atoms with Crippen LogP contribution in [-0.2, 0) is 9.53 Å². The number of ether oxygens (including phenoxy) is 1. The van der Waals surface area contributed by atoms with Crippen molar-refractivity contribution in [1.29, 1.82) is 0 Å². The van der Waals surface area contributed by atoms with Gasteiger partial charge >= 0.3 is 6.09 Å². The van der Waals surface area contributed by atoms with E-state index in [0.29, 0.717) is 13.0 Å². The fourth-order valence-corrected chi connectivity index (χ4v) is 2.62. The molecule has 1 fully saturated rings. The number of Topliss-reactive ketones (excluding diaryl/α,β-unsaturated/α-hetero) is 1. The van der Waals surface area contributed by atoms with Gasteiger partial charge in [-0.1, -0.05) is 6.08 Å². The number of hydrogen-bond acceptors (Lipinski definition) is 3. The van der Waals surface area contributed by atoms with Crippen LogP contribution < -0.4 is 0 Å².